The maximum Gasteiger partial charge on any atom is 0.253 e. The molecule has 6 rings (SSSR count). The van der Waals surface area contributed by atoms with Crippen LogP contribution in [-0.4, -0.2) is 42.7 Å². The zero-order valence-electron chi connectivity index (χ0n) is 20.2. The van der Waals surface area contributed by atoms with E-state index in [0.29, 0.717) is 48.3 Å². The predicted octanol–water partition coefficient (Wildman–Crippen LogP) is 3.76. The van der Waals surface area contributed by atoms with E-state index in [0.717, 1.165) is 11.3 Å². The molecule has 1 atom stereocenters. The molecule has 0 radical (unpaired) electrons. The number of rotatable bonds is 6. The molecular weight excluding hydrogens is 513 g/mol. The second-order valence-electron chi connectivity index (χ2n) is 9.45. The Balaban J connectivity index is 1.23. The van der Waals surface area contributed by atoms with Crippen molar-refractivity contribution in [3.05, 3.63) is 76.4 Å². The van der Waals surface area contributed by atoms with E-state index in [4.69, 9.17) is 16.1 Å². The van der Waals surface area contributed by atoms with Gasteiger partial charge in [0.25, 0.3) is 5.91 Å². The number of aryl methyl sites for hydroxylation is 2. The normalized spacial score (nSPS) is 17.1. The molecule has 192 valence electrons. The first kappa shape index (κ1) is 24.1. The monoisotopic (exact) mass is 533 g/mol. The summed E-state index contributed by atoms with van der Waals surface area (Å²) in [6.45, 7) is 1.63. The first-order chi connectivity index (χ1) is 18.3. The summed E-state index contributed by atoms with van der Waals surface area (Å²) < 4.78 is 20.0. The van der Waals surface area contributed by atoms with Gasteiger partial charge >= 0.3 is 0 Å². The second kappa shape index (κ2) is 9.25. The standard InChI is InChI=1S/C26H21ClFN7O3/c1-13-32-23(35-38-13)21-18(9-17(27)10-19(21)28)16-8-14-2-3-20(22(14)29-11-16)33-25(37)26(5-6-26)34-24(36)15-4-7-30-31-12-15/h4,7-12,20H,2-3,5-6H2,1H3,(H,33,37)(H,34,36)/t20-/m1/s1. The molecule has 2 N–H and O–H groups in total. The number of hydrogen-bond donors (Lipinski definition) is 2. The molecule has 2 aliphatic carbocycles. The second-order valence-corrected chi connectivity index (χ2v) is 9.88. The van der Waals surface area contributed by atoms with Crippen LogP contribution in [0.5, 0.6) is 0 Å². The van der Waals surface area contributed by atoms with Gasteiger partial charge in [0.15, 0.2) is 0 Å². The molecule has 10 nitrogen and oxygen atoms in total. The third kappa shape index (κ3) is 4.38. The summed E-state index contributed by atoms with van der Waals surface area (Å²) in [5.74, 6) is -0.755. The van der Waals surface area contributed by atoms with Gasteiger partial charge in [-0.05, 0) is 61.1 Å². The predicted molar refractivity (Wildman–Crippen MR) is 133 cm³/mol. The lowest BCUT2D eigenvalue weighted by Crippen LogP contribution is -2.49. The Kier molecular flexibility index (Phi) is 5.87. The maximum absolute atomic E-state index is 15.0. The van der Waals surface area contributed by atoms with Crippen LogP contribution in [-0.2, 0) is 11.2 Å². The minimum atomic E-state index is -0.945. The molecule has 1 aromatic carbocycles. The molecule has 0 unspecified atom stereocenters. The zero-order chi connectivity index (χ0) is 26.4. The minimum Gasteiger partial charge on any atom is -0.346 e. The van der Waals surface area contributed by atoms with E-state index in [2.05, 4.69) is 36.0 Å². The van der Waals surface area contributed by atoms with Crippen LogP contribution in [0.25, 0.3) is 22.5 Å². The summed E-state index contributed by atoms with van der Waals surface area (Å²) in [6.07, 6.45) is 6.82. The number of fused-ring (bicyclic) bond motifs is 1. The van der Waals surface area contributed by atoms with Crippen LogP contribution in [0, 0.1) is 12.7 Å². The van der Waals surface area contributed by atoms with Crippen molar-refractivity contribution in [1.82, 2.24) is 36.0 Å². The molecule has 12 heteroatoms. The quantitative estimate of drug-likeness (QED) is 0.382. The molecule has 2 amide bonds. The van der Waals surface area contributed by atoms with Gasteiger partial charge in [-0.25, -0.2) is 4.39 Å². The van der Waals surface area contributed by atoms with Crippen molar-refractivity contribution in [3.63, 3.8) is 0 Å². The van der Waals surface area contributed by atoms with Gasteiger partial charge in [-0.2, -0.15) is 15.2 Å². The van der Waals surface area contributed by atoms with Crippen LogP contribution in [0.1, 0.15) is 52.8 Å². The highest BCUT2D eigenvalue weighted by atomic mass is 35.5. The van der Waals surface area contributed by atoms with E-state index in [1.807, 2.05) is 6.07 Å². The molecule has 2 aliphatic rings. The maximum atomic E-state index is 15.0. The number of nitrogens with one attached hydrogen (secondary N) is 2. The Labute approximate surface area is 221 Å². The van der Waals surface area contributed by atoms with Crippen molar-refractivity contribution in [2.75, 3.05) is 0 Å². The average molecular weight is 534 g/mol. The van der Waals surface area contributed by atoms with E-state index in [1.54, 1.807) is 25.3 Å². The molecule has 3 heterocycles. The lowest BCUT2D eigenvalue weighted by molar-refractivity contribution is -0.124. The van der Waals surface area contributed by atoms with Gasteiger partial charge in [0, 0.05) is 23.7 Å². The van der Waals surface area contributed by atoms with Crippen molar-refractivity contribution < 1.29 is 18.5 Å². The highest BCUT2D eigenvalue weighted by Crippen LogP contribution is 2.40. The fourth-order valence-electron chi connectivity index (χ4n) is 4.73. The number of nitrogens with zero attached hydrogens (tertiary/aromatic N) is 5. The molecule has 0 bridgehead atoms. The topological polar surface area (TPSA) is 136 Å². The van der Waals surface area contributed by atoms with Gasteiger partial charge < -0.3 is 15.2 Å². The van der Waals surface area contributed by atoms with Crippen molar-refractivity contribution >= 4 is 23.4 Å². The highest BCUT2D eigenvalue weighted by Gasteiger charge is 2.52. The lowest BCUT2D eigenvalue weighted by atomic mass is 9.98. The number of carbonyl (C=O) groups excluding carboxylic acids is 2. The van der Waals surface area contributed by atoms with E-state index in [9.17, 15) is 14.0 Å². The Hall–Kier alpha value is -4.25. The molecule has 3 aromatic heterocycles. The van der Waals surface area contributed by atoms with Crippen molar-refractivity contribution in [1.29, 1.82) is 0 Å². The number of amides is 2. The molecule has 4 aromatic rings. The van der Waals surface area contributed by atoms with E-state index in [1.165, 1.54) is 18.5 Å². The first-order valence-corrected chi connectivity index (χ1v) is 12.4. The van der Waals surface area contributed by atoms with Crippen LogP contribution >= 0.6 is 11.6 Å². The van der Waals surface area contributed by atoms with Crippen molar-refractivity contribution in [2.45, 2.75) is 44.2 Å². The van der Waals surface area contributed by atoms with Crippen LogP contribution in [0.4, 0.5) is 4.39 Å². The SMILES string of the molecule is Cc1nc(-c2c(F)cc(Cl)cc2-c2cnc3c(c2)CC[C@H]3NC(=O)C2(NC(=O)c3ccnnc3)CC2)no1. The Morgan fingerprint density at radius 3 is 2.74 bits per heavy atom. The summed E-state index contributed by atoms with van der Waals surface area (Å²) in [5, 5.41) is 17.4. The third-order valence-electron chi connectivity index (χ3n) is 6.84. The van der Waals surface area contributed by atoms with Gasteiger partial charge in [-0.3, -0.25) is 14.6 Å². The van der Waals surface area contributed by atoms with E-state index >= 15 is 0 Å². The number of aromatic nitrogens is 5. The number of benzene rings is 1. The number of carbonyl (C=O) groups is 2. The highest BCUT2D eigenvalue weighted by molar-refractivity contribution is 6.31. The zero-order valence-corrected chi connectivity index (χ0v) is 20.9. The summed E-state index contributed by atoms with van der Waals surface area (Å²) >= 11 is 6.18. The number of hydrogen-bond acceptors (Lipinski definition) is 8. The minimum absolute atomic E-state index is 0.122. The Morgan fingerprint density at radius 2 is 2.03 bits per heavy atom. The molecule has 0 saturated heterocycles. The Bertz CT molecular complexity index is 1570. The summed E-state index contributed by atoms with van der Waals surface area (Å²) in [7, 11) is 0. The number of pyridine rings is 1. The smallest absolute Gasteiger partial charge is 0.253 e. The van der Waals surface area contributed by atoms with Crippen molar-refractivity contribution in [2.24, 2.45) is 0 Å². The third-order valence-corrected chi connectivity index (χ3v) is 7.06. The van der Waals surface area contributed by atoms with Gasteiger partial charge in [0.05, 0.1) is 35.3 Å². The summed E-state index contributed by atoms with van der Waals surface area (Å²) in [6, 6.07) is 6.00. The number of halogens is 2. The van der Waals surface area contributed by atoms with Crippen LogP contribution in [0.3, 0.4) is 0 Å². The molecule has 0 aliphatic heterocycles. The molecule has 1 saturated carbocycles. The van der Waals surface area contributed by atoms with Gasteiger partial charge in [0.1, 0.15) is 11.4 Å². The van der Waals surface area contributed by atoms with Gasteiger partial charge in [-0.1, -0.05) is 16.8 Å². The fraction of sp³-hybridized carbons (Fsp3) is 0.269. The Morgan fingerprint density at radius 1 is 1.18 bits per heavy atom. The van der Waals surface area contributed by atoms with Crippen LogP contribution in [0.2, 0.25) is 5.02 Å². The van der Waals surface area contributed by atoms with Crippen molar-refractivity contribution in [3.8, 4) is 22.5 Å². The molecule has 1 fully saturated rings. The van der Waals surface area contributed by atoms with Crippen LogP contribution < -0.4 is 10.6 Å². The molecular formula is C26H21ClFN7O3. The van der Waals surface area contributed by atoms with Gasteiger partial charge in [-0.15, -0.1) is 0 Å². The molecule has 38 heavy (non-hydrogen) atoms. The van der Waals surface area contributed by atoms with Gasteiger partial charge in [0.2, 0.25) is 17.6 Å². The molecule has 0 spiro atoms. The van der Waals surface area contributed by atoms with Crippen LogP contribution in [0.15, 0.2) is 47.4 Å². The van der Waals surface area contributed by atoms with E-state index in [-0.39, 0.29) is 34.3 Å². The lowest BCUT2D eigenvalue weighted by Gasteiger charge is -2.21. The summed E-state index contributed by atoms with van der Waals surface area (Å²) in [5.41, 5.74) is 2.37. The largest absolute Gasteiger partial charge is 0.346 e. The average Bonchev–Trinajstić information content (AvgIpc) is 3.40. The fourth-order valence-corrected chi connectivity index (χ4v) is 4.94. The summed E-state index contributed by atoms with van der Waals surface area (Å²) in [4.78, 5) is 34.5. The first-order valence-electron chi connectivity index (χ1n) is 12.0. The van der Waals surface area contributed by atoms with E-state index < -0.39 is 11.4 Å².